The minimum atomic E-state index is -4.41. The Morgan fingerprint density at radius 3 is 2.74 bits per heavy atom. The number of nitrogens with zero attached hydrogens (tertiary/aromatic N) is 2. The summed E-state index contributed by atoms with van der Waals surface area (Å²) in [6.45, 7) is 1.12. The number of para-hydroxylation sites is 2. The van der Waals surface area contributed by atoms with Crippen LogP contribution < -0.4 is 5.32 Å². The van der Waals surface area contributed by atoms with Gasteiger partial charge in [0.15, 0.2) is 5.58 Å². The SMILES string of the molecule is CC(=O)N1C[C@@H](Nc2nc3ccccc3o2)CC[C@@H]1C(F)(F)F. The first kappa shape index (κ1) is 15.6. The Hall–Kier alpha value is -2.25. The van der Waals surface area contributed by atoms with Gasteiger partial charge in [0.1, 0.15) is 11.6 Å². The number of hydrogen-bond donors (Lipinski definition) is 1. The Balaban J connectivity index is 1.73. The summed E-state index contributed by atoms with van der Waals surface area (Å²) in [6.07, 6.45) is -4.26. The first-order chi connectivity index (χ1) is 10.8. The lowest BCUT2D eigenvalue weighted by molar-refractivity contribution is -0.195. The monoisotopic (exact) mass is 327 g/mol. The molecule has 124 valence electrons. The van der Waals surface area contributed by atoms with Crippen LogP contribution in [0.2, 0.25) is 0 Å². The van der Waals surface area contributed by atoms with Crippen molar-refractivity contribution in [2.75, 3.05) is 11.9 Å². The van der Waals surface area contributed by atoms with Gasteiger partial charge in [-0.2, -0.15) is 18.2 Å². The number of oxazole rings is 1. The Labute approximate surface area is 130 Å². The van der Waals surface area contributed by atoms with E-state index in [2.05, 4.69) is 10.3 Å². The van der Waals surface area contributed by atoms with Crippen molar-refractivity contribution in [2.24, 2.45) is 0 Å². The fraction of sp³-hybridized carbons (Fsp3) is 0.467. The third-order valence-corrected chi connectivity index (χ3v) is 3.99. The van der Waals surface area contributed by atoms with Gasteiger partial charge in [-0.05, 0) is 25.0 Å². The summed E-state index contributed by atoms with van der Waals surface area (Å²) in [5.41, 5.74) is 1.27. The highest BCUT2D eigenvalue weighted by Crippen LogP contribution is 2.33. The maximum Gasteiger partial charge on any atom is 0.408 e. The summed E-state index contributed by atoms with van der Waals surface area (Å²) in [5, 5.41) is 2.99. The van der Waals surface area contributed by atoms with Crippen LogP contribution in [-0.2, 0) is 4.79 Å². The molecule has 8 heteroatoms. The quantitative estimate of drug-likeness (QED) is 0.920. The van der Waals surface area contributed by atoms with Crippen LogP contribution in [0.5, 0.6) is 0 Å². The van der Waals surface area contributed by atoms with Gasteiger partial charge in [0, 0.05) is 19.5 Å². The van der Waals surface area contributed by atoms with Gasteiger partial charge in [0.05, 0.1) is 0 Å². The minimum absolute atomic E-state index is 0.0295. The molecule has 0 saturated carbocycles. The lowest BCUT2D eigenvalue weighted by Crippen LogP contribution is -2.55. The van der Waals surface area contributed by atoms with Gasteiger partial charge >= 0.3 is 6.18 Å². The maximum absolute atomic E-state index is 13.0. The van der Waals surface area contributed by atoms with Crippen molar-refractivity contribution in [1.82, 2.24) is 9.88 Å². The Morgan fingerprint density at radius 1 is 1.35 bits per heavy atom. The molecule has 0 spiro atoms. The second kappa shape index (κ2) is 5.75. The van der Waals surface area contributed by atoms with Crippen LogP contribution in [0, 0.1) is 0 Å². The Kier molecular flexibility index (Phi) is 3.91. The zero-order valence-corrected chi connectivity index (χ0v) is 12.4. The van der Waals surface area contributed by atoms with Gasteiger partial charge < -0.3 is 14.6 Å². The Morgan fingerprint density at radius 2 is 2.09 bits per heavy atom. The van der Waals surface area contributed by atoms with Crippen molar-refractivity contribution in [3.63, 3.8) is 0 Å². The molecule has 1 aliphatic heterocycles. The number of likely N-dealkylation sites (tertiary alicyclic amines) is 1. The third kappa shape index (κ3) is 3.25. The predicted octanol–water partition coefficient (Wildman–Crippen LogP) is 3.18. The molecule has 2 atom stereocenters. The van der Waals surface area contributed by atoms with Crippen molar-refractivity contribution in [3.05, 3.63) is 24.3 Å². The molecule has 1 N–H and O–H groups in total. The summed E-state index contributed by atoms with van der Waals surface area (Å²) in [5.74, 6) is -0.587. The lowest BCUT2D eigenvalue weighted by atomic mass is 9.97. The fourth-order valence-corrected chi connectivity index (χ4v) is 2.89. The number of amides is 1. The maximum atomic E-state index is 13.0. The molecule has 23 heavy (non-hydrogen) atoms. The van der Waals surface area contributed by atoms with E-state index in [0.717, 1.165) is 11.8 Å². The van der Waals surface area contributed by atoms with Crippen LogP contribution in [0.1, 0.15) is 19.8 Å². The Bertz CT molecular complexity index is 680. The van der Waals surface area contributed by atoms with E-state index in [9.17, 15) is 18.0 Å². The number of piperidine rings is 1. The average Bonchev–Trinajstić information content (AvgIpc) is 2.88. The number of carbonyl (C=O) groups excluding carboxylic acids is 1. The number of benzene rings is 1. The van der Waals surface area contributed by atoms with E-state index in [1.807, 2.05) is 12.1 Å². The molecule has 1 amide bonds. The van der Waals surface area contributed by atoms with Gasteiger partial charge in [0.25, 0.3) is 6.01 Å². The van der Waals surface area contributed by atoms with Gasteiger partial charge in [-0.3, -0.25) is 4.79 Å². The molecule has 0 aliphatic carbocycles. The molecule has 0 unspecified atom stereocenters. The first-order valence-corrected chi connectivity index (χ1v) is 7.30. The molecule has 2 heterocycles. The summed E-state index contributed by atoms with van der Waals surface area (Å²) >= 11 is 0. The largest absolute Gasteiger partial charge is 0.424 e. The van der Waals surface area contributed by atoms with E-state index < -0.39 is 18.1 Å². The topological polar surface area (TPSA) is 58.4 Å². The number of aromatic nitrogens is 1. The molecule has 5 nitrogen and oxygen atoms in total. The van der Waals surface area contributed by atoms with Crippen molar-refractivity contribution >= 4 is 23.0 Å². The molecule has 3 rings (SSSR count). The molecule has 2 aromatic rings. The van der Waals surface area contributed by atoms with Crippen LogP contribution in [0.4, 0.5) is 19.2 Å². The van der Waals surface area contributed by atoms with Gasteiger partial charge in [0.2, 0.25) is 5.91 Å². The van der Waals surface area contributed by atoms with Gasteiger partial charge in [-0.25, -0.2) is 0 Å². The van der Waals surface area contributed by atoms with E-state index >= 15 is 0 Å². The highest BCUT2D eigenvalue weighted by Gasteiger charge is 2.47. The number of anilines is 1. The van der Waals surface area contributed by atoms with Gasteiger partial charge in [-0.1, -0.05) is 12.1 Å². The average molecular weight is 327 g/mol. The summed E-state index contributed by atoms with van der Waals surface area (Å²) in [4.78, 5) is 16.7. The van der Waals surface area contributed by atoms with Crippen LogP contribution in [0.3, 0.4) is 0 Å². The number of nitrogens with one attached hydrogen (secondary N) is 1. The zero-order chi connectivity index (χ0) is 16.6. The molecule has 1 aromatic heterocycles. The number of halogens is 3. The number of fused-ring (bicyclic) bond motifs is 1. The fourth-order valence-electron chi connectivity index (χ4n) is 2.89. The summed E-state index contributed by atoms with van der Waals surface area (Å²) in [7, 11) is 0. The van der Waals surface area contributed by atoms with Crippen LogP contribution in [0.15, 0.2) is 28.7 Å². The summed E-state index contributed by atoms with van der Waals surface area (Å²) in [6, 6.07) is 5.38. The molecule has 1 aliphatic rings. The van der Waals surface area contributed by atoms with E-state index in [4.69, 9.17) is 4.42 Å². The zero-order valence-electron chi connectivity index (χ0n) is 12.4. The van der Waals surface area contributed by atoms with E-state index in [-0.39, 0.29) is 31.4 Å². The van der Waals surface area contributed by atoms with Crippen molar-refractivity contribution in [3.8, 4) is 0 Å². The van der Waals surface area contributed by atoms with Crippen LogP contribution in [0.25, 0.3) is 11.1 Å². The van der Waals surface area contributed by atoms with E-state index in [1.165, 1.54) is 0 Å². The second-order valence-electron chi connectivity index (χ2n) is 5.63. The highest BCUT2D eigenvalue weighted by atomic mass is 19.4. The molecular formula is C15H16F3N3O2. The third-order valence-electron chi connectivity index (χ3n) is 3.99. The summed E-state index contributed by atoms with van der Waals surface area (Å²) < 4.78 is 44.5. The number of rotatable bonds is 2. The molecule has 0 radical (unpaired) electrons. The van der Waals surface area contributed by atoms with E-state index in [0.29, 0.717) is 11.1 Å². The highest BCUT2D eigenvalue weighted by molar-refractivity contribution is 5.75. The lowest BCUT2D eigenvalue weighted by Gasteiger charge is -2.39. The minimum Gasteiger partial charge on any atom is -0.424 e. The second-order valence-corrected chi connectivity index (χ2v) is 5.63. The normalized spacial score (nSPS) is 22.3. The van der Waals surface area contributed by atoms with Gasteiger partial charge in [-0.15, -0.1) is 0 Å². The van der Waals surface area contributed by atoms with Crippen molar-refractivity contribution in [1.29, 1.82) is 0 Å². The molecule has 0 bridgehead atoms. The smallest absolute Gasteiger partial charge is 0.408 e. The van der Waals surface area contributed by atoms with Crippen LogP contribution in [-0.4, -0.2) is 40.6 Å². The number of carbonyl (C=O) groups is 1. The predicted molar refractivity (Wildman–Crippen MR) is 77.9 cm³/mol. The van der Waals surface area contributed by atoms with Crippen molar-refractivity contribution < 1.29 is 22.4 Å². The first-order valence-electron chi connectivity index (χ1n) is 7.30. The molecule has 1 aromatic carbocycles. The molecular weight excluding hydrogens is 311 g/mol. The van der Waals surface area contributed by atoms with E-state index in [1.54, 1.807) is 12.1 Å². The standard InChI is InChI=1S/C15H16F3N3O2/c1-9(22)21-8-10(6-7-13(21)15(16,17)18)19-14-20-11-4-2-3-5-12(11)23-14/h2-5,10,13H,6-8H2,1H3,(H,19,20)/t10-,13+/m0/s1. The van der Waals surface area contributed by atoms with Crippen LogP contribution >= 0.6 is 0 Å². The molecule has 1 fully saturated rings. The number of alkyl halides is 3. The van der Waals surface area contributed by atoms with Crippen molar-refractivity contribution in [2.45, 2.75) is 38.0 Å². The molecule has 1 saturated heterocycles. The number of hydrogen-bond acceptors (Lipinski definition) is 4.